The van der Waals surface area contributed by atoms with Crippen LogP contribution in [0.3, 0.4) is 0 Å². The molecule has 0 bridgehead atoms. The standard InChI is InChI=1S/C17H17N5O/c18-17(19)20-10-15-13-8-4-5-9-14(13)16(23)22(21-15)11-12-6-2-1-3-7-12/h1-9H,10-11H2,(H4,18,19,20)/p+1. The number of guanidine groups is 1. The maximum absolute atomic E-state index is 12.6. The fourth-order valence-electron chi connectivity index (χ4n) is 2.49. The smallest absolute Gasteiger partial charge is 0.291 e. The number of aromatic nitrogens is 2. The van der Waals surface area contributed by atoms with Crippen molar-refractivity contribution in [1.82, 2.24) is 9.78 Å². The quantitative estimate of drug-likeness (QED) is 0.438. The summed E-state index contributed by atoms with van der Waals surface area (Å²) in [6.07, 6.45) is 0. The maximum Gasteiger partial charge on any atom is 0.339 e. The maximum atomic E-state index is 12.6. The van der Waals surface area contributed by atoms with Crippen molar-refractivity contribution in [2.45, 2.75) is 13.1 Å². The van der Waals surface area contributed by atoms with E-state index in [1.807, 2.05) is 48.5 Å². The summed E-state index contributed by atoms with van der Waals surface area (Å²) in [6.45, 7) is 0.775. The van der Waals surface area contributed by atoms with Crippen LogP contribution in [0.1, 0.15) is 11.3 Å². The van der Waals surface area contributed by atoms with Crippen LogP contribution in [0.25, 0.3) is 10.8 Å². The van der Waals surface area contributed by atoms with Crippen LogP contribution >= 0.6 is 0 Å². The molecule has 23 heavy (non-hydrogen) atoms. The van der Waals surface area contributed by atoms with E-state index in [2.05, 4.69) is 10.1 Å². The Balaban J connectivity index is 2.12. The normalized spacial score (nSPS) is 10.6. The second-order valence-electron chi connectivity index (χ2n) is 5.25. The van der Waals surface area contributed by atoms with Crippen LogP contribution in [-0.2, 0) is 13.1 Å². The van der Waals surface area contributed by atoms with Crippen LogP contribution in [0.5, 0.6) is 0 Å². The molecule has 1 aromatic heterocycles. The van der Waals surface area contributed by atoms with E-state index in [1.165, 1.54) is 4.68 Å². The number of benzene rings is 2. The van der Waals surface area contributed by atoms with Gasteiger partial charge in [-0.05, 0) is 11.6 Å². The molecule has 1 heterocycles. The first kappa shape index (κ1) is 14.8. The Hall–Kier alpha value is -3.15. The Morgan fingerprint density at radius 1 is 1.00 bits per heavy atom. The molecule has 0 atom stereocenters. The molecular weight excluding hydrogens is 290 g/mol. The summed E-state index contributed by atoms with van der Waals surface area (Å²) < 4.78 is 1.47. The van der Waals surface area contributed by atoms with Gasteiger partial charge in [-0.3, -0.25) is 21.3 Å². The minimum Gasteiger partial charge on any atom is -0.291 e. The second kappa shape index (κ2) is 6.31. The fraction of sp³-hybridized carbons (Fsp3) is 0.118. The molecule has 0 unspecified atom stereocenters. The highest BCUT2D eigenvalue weighted by molar-refractivity contribution is 5.83. The van der Waals surface area contributed by atoms with Gasteiger partial charge in [0.2, 0.25) is 0 Å². The molecule has 2 aromatic carbocycles. The van der Waals surface area contributed by atoms with Crippen molar-refractivity contribution >= 4 is 16.7 Å². The van der Waals surface area contributed by atoms with Crippen molar-refractivity contribution < 1.29 is 4.99 Å². The first-order valence-corrected chi connectivity index (χ1v) is 7.29. The lowest BCUT2D eigenvalue weighted by Crippen LogP contribution is -2.76. The summed E-state index contributed by atoms with van der Waals surface area (Å²) in [5.74, 6) is 0.122. The molecule has 0 saturated heterocycles. The van der Waals surface area contributed by atoms with E-state index in [0.29, 0.717) is 18.5 Å². The molecule has 0 saturated carbocycles. The van der Waals surface area contributed by atoms with Crippen LogP contribution in [0.4, 0.5) is 0 Å². The van der Waals surface area contributed by atoms with Crippen molar-refractivity contribution in [2.75, 3.05) is 0 Å². The van der Waals surface area contributed by atoms with Crippen molar-refractivity contribution in [2.24, 2.45) is 11.5 Å². The zero-order chi connectivity index (χ0) is 16.2. The Morgan fingerprint density at radius 3 is 2.35 bits per heavy atom. The zero-order valence-corrected chi connectivity index (χ0v) is 12.6. The first-order chi connectivity index (χ1) is 11.1. The first-order valence-electron chi connectivity index (χ1n) is 7.29. The molecule has 0 aliphatic heterocycles. The summed E-state index contributed by atoms with van der Waals surface area (Å²) in [6, 6.07) is 17.2. The zero-order valence-electron chi connectivity index (χ0n) is 12.6. The van der Waals surface area contributed by atoms with E-state index in [9.17, 15) is 4.79 Å². The third kappa shape index (κ3) is 3.21. The molecule has 0 spiro atoms. The molecule has 0 amide bonds. The van der Waals surface area contributed by atoms with Gasteiger partial charge in [0, 0.05) is 5.39 Å². The number of nitrogens with zero attached hydrogens (tertiary/aromatic N) is 2. The Morgan fingerprint density at radius 2 is 1.65 bits per heavy atom. The van der Waals surface area contributed by atoms with Crippen molar-refractivity contribution in [3.05, 3.63) is 76.2 Å². The van der Waals surface area contributed by atoms with Crippen LogP contribution in [0.15, 0.2) is 59.4 Å². The largest absolute Gasteiger partial charge is 0.339 e. The monoisotopic (exact) mass is 308 g/mol. The number of rotatable bonds is 4. The highest BCUT2D eigenvalue weighted by atomic mass is 16.1. The summed E-state index contributed by atoms with van der Waals surface area (Å²) >= 11 is 0. The van der Waals surface area contributed by atoms with E-state index in [1.54, 1.807) is 6.07 Å². The van der Waals surface area contributed by atoms with E-state index in [0.717, 1.165) is 16.6 Å². The number of hydrogen-bond donors (Lipinski definition) is 3. The highest BCUT2D eigenvalue weighted by Crippen LogP contribution is 2.12. The Labute approximate surface area is 133 Å². The minimum absolute atomic E-state index is 0.113. The van der Waals surface area contributed by atoms with Crippen molar-refractivity contribution in [1.29, 1.82) is 0 Å². The summed E-state index contributed by atoms with van der Waals surface area (Å²) in [7, 11) is 0. The molecule has 0 radical (unpaired) electrons. The van der Waals surface area contributed by atoms with Crippen molar-refractivity contribution in [3.8, 4) is 0 Å². The molecule has 3 aromatic rings. The molecule has 0 fully saturated rings. The SMILES string of the molecule is NC(N)=[NH+]Cc1nn(Cc2ccccc2)c(=O)c2ccccc12. The van der Waals surface area contributed by atoms with Crippen LogP contribution in [-0.4, -0.2) is 15.7 Å². The lowest BCUT2D eigenvalue weighted by atomic mass is 10.1. The minimum atomic E-state index is -0.113. The molecule has 0 aliphatic rings. The number of nitrogens with one attached hydrogen (secondary N) is 1. The molecule has 116 valence electrons. The van der Waals surface area contributed by atoms with Gasteiger partial charge >= 0.3 is 5.96 Å². The van der Waals surface area contributed by atoms with Gasteiger partial charge in [-0.1, -0.05) is 48.5 Å². The lowest BCUT2D eigenvalue weighted by molar-refractivity contribution is -0.477. The number of fused-ring (bicyclic) bond motifs is 1. The third-order valence-electron chi connectivity index (χ3n) is 3.58. The van der Waals surface area contributed by atoms with Gasteiger partial charge in [-0.25, -0.2) is 4.68 Å². The second-order valence-corrected chi connectivity index (χ2v) is 5.25. The topological polar surface area (TPSA) is 101 Å². The van der Waals surface area contributed by atoms with E-state index in [-0.39, 0.29) is 11.5 Å². The molecule has 6 nitrogen and oxygen atoms in total. The van der Waals surface area contributed by atoms with Gasteiger partial charge in [-0.15, -0.1) is 0 Å². The number of hydrogen-bond acceptors (Lipinski definition) is 2. The fourth-order valence-corrected chi connectivity index (χ4v) is 2.49. The van der Waals surface area contributed by atoms with Crippen molar-refractivity contribution in [3.63, 3.8) is 0 Å². The van der Waals surface area contributed by atoms with Crippen LogP contribution in [0.2, 0.25) is 0 Å². The van der Waals surface area contributed by atoms with Gasteiger partial charge in [0.05, 0.1) is 11.9 Å². The summed E-state index contributed by atoms with van der Waals surface area (Å²) in [5, 5.41) is 5.92. The van der Waals surface area contributed by atoms with Gasteiger partial charge in [0.25, 0.3) is 5.56 Å². The lowest BCUT2D eigenvalue weighted by Gasteiger charge is -2.09. The van der Waals surface area contributed by atoms with Crippen LogP contribution < -0.4 is 22.0 Å². The number of nitrogens with two attached hydrogens (primary N) is 2. The average molecular weight is 308 g/mol. The predicted molar refractivity (Wildman–Crippen MR) is 89.6 cm³/mol. The third-order valence-corrected chi connectivity index (χ3v) is 3.58. The molecule has 3 rings (SSSR count). The van der Waals surface area contributed by atoms with Gasteiger partial charge in [0.15, 0.2) is 0 Å². The van der Waals surface area contributed by atoms with Gasteiger partial charge < -0.3 is 0 Å². The molecule has 6 heteroatoms. The van der Waals surface area contributed by atoms with E-state index < -0.39 is 0 Å². The summed E-state index contributed by atoms with van der Waals surface area (Å²) in [4.78, 5) is 15.5. The Bertz CT molecular complexity index is 911. The molecular formula is C17H18N5O+. The Kier molecular flexibility index (Phi) is 4.05. The average Bonchev–Trinajstić information content (AvgIpc) is 2.57. The van der Waals surface area contributed by atoms with Crippen LogP contribution in [0, 0.1) is 0 Å². The van der Waals surface area contributed by atoms with E-state index >= 15 is 0 Å². The molecule has 5 N–H and O–H groups in total. The van der Waals surface area contributed by atoms with Gasteiger partial charge in [-0.2, -0.15) is 5.10 Å². The summed E-state index contributed by atoms with van der Waals surface area (Å²) in [5.41, 5.74) is 12.6. The predicted octanol–water partition coefficient (Wildman–Crippen LogP) is -0.701. The molecule has 0 aliphatic carbocycles. The highest BCUT2D eigenvalue weighted by Gasteiger charge is 2.10. The van der Waals surface area contributed by atoms with Gasteiger partial charge in [0.1, 0.15) is 12.2 Å². The van der Waals surface area contributed by atoms with E-state index in [4.69, 9.17) is 11.5 Å².